The molecule has 3 rings (SSSR count). The second-order valence-corrected chi connectivity index (χ2v) is 7.97. The second-order valence-electron chi connectivity index (χ2n) is 6.19. The average Bonchev–Trinajstić information content (AvgIpc) is 2.81. The zero-order valence-corrected chi connectivity index (χ0v) is 15.5. The van der Waals surface area contributed by atoms with Gasteiger partial charge in [-0.05, 0) is 48.0 Å². The Balaban J connectivity index is 2.13. The van der Waals surface area contributed by atoms with Gasteiger partial charge in [-0.25, -0.2) is 12.8 Å². The Morgan fingerprint density at radius 2 is 1.85 bits per heavy atom. The van der Waals surface area contributed by atoms with Crippen LogP contribution >= 0.6 is 0 Å². The average molecular weight is 378 g/mol. The van der Waals surface area contributed by atoms with Crippen molar-refractivity contribution in [1.82, 2.24) is 0 Å². The minimum absolute atomic E-state index is 0.00416. The van der Waals surface area contributed by atoms with Gasteiger partial charge in [0, 0.05) is 19.8 Å². The van der Waals surface area contributed by atoms with E-state index in [1.54, 1.807) is 24.3 Å². The van der Waals surface area contributed by atoms with E-state index < -0.39 is 27.9 Å². The Morgan fingerprint density at radius 3 is 2.42 bits per heavy atom. The summed E-state index contributed by atoms with van der Waals surface area (Å²) in [6, 6.07) is 9.53. The van der Waals surface area contributed by atoms with Crippen molar-refractivity contribution >= 4 is 27.4 Å². The van der Waals surface area contributed by atoms with E-state index >= 15 is 0 Å². The van der Waals surface area contributed by atoms with Gasteiger partial charge in [0.2, 0.25) is 0 Å². The third-order valence-electron chi connectivity index (χ3n) is 4.36. The van der Waals surface area contributed by atoms with Gasteiger partial charge in [0.15, 0.2) is 0 Å². The quantitative estimate of drug-likeness (QED) is 0.766. The van der Waals surface area contributed by atoms with Crippen molar-refractivity contribution in [3.05, 3.63) is 53.8 Å². The first kappa shape index (κ1) is 18.2. The van der Waals surface area contributed by atoms with Gasteiger partial charge in [-0.2, -0.15) is 0 Å². The van der Waals surface area contributed by atoms with Crippen molar-refractivity contribution in [2.75, 3.05) is 30.4 Å². The first-order valence-electron chi connectivity index (χ1n) is 7.94. The molecule has 0 saturated heterocycles. The number of hydrogen-bond acceptors (Lipinski definition) is 5. The van der Waals surface area contributed by atoms with Crippen molar-refractivity contribution in [3.8, 4) is 0 Å². The highest BCUT2D eigenvalue weighted by molar-refractivity contribution is 7.93. The molecule has 0 N–H and O–H groups in total. The molecule has 2 aromatic rings. The van der Waals surface area contributed by atoms with Gasteiger partial charge in [0.05, 0.1) is 30.2 Å². The zero-order chi connectivity index (χ0) is 19.1. The number of carbonyl (C=O) groups excluding carboxylic acids is 1. The van der Waals surface area contributed by atoms with Gasteiger partial charge in [-0.1, -0.05) is 0 Å². The van der Waals surface area contributed by atoms with Gasteiger partial charge in [-0.15, -0.1) is 0 Å². The Bertz CT molecular complexity index is 942. The fourth-order valence-corrected chi connectivity index (χ4v) is 4.93. The molecule has 6 nitrogen and oxygen atoms in total. The Labute approximate surface area is 151 Å². The zero-order valence-electron chi connectivity index (χ0n) is 14.6. The number of ether oxygens (including phenoxy) is 1. The number of carbonyl (C=O) groups is 1. The first-order chi connectivity index (χ1) is 12.3. The summed E-state index contributed by atoms with van der Waals surface area (Å²) in [5, 5.41) is 0. The van der Waals surface area contributed by atoms with Crippen LogP contribution in [0.1, 0.15) is 18.0 Å². The summed E-state index contributed by atoms with van der Waals surface area (Å²) in [4.78, 5) is 13.7. The van der Waals surface area contributed by atoms with Crippen molar-refractivity contribution in [2.45, 2.75) is 17.4 Å². The number of esters is 1. The van der Waals surface area contributed by atoms with Crippen molar-refractivity contribution < 1.29 is 22.3 Å². The van der Waals surface area contributed by atoms with E-state index in [9.17, 15) is 17.6 Å². The number of hydrogen-bond donors (Lipinski definition) is 0. The molecule has 0 amide bonds. The lowest BCUT2D eigenvalue weighted by molar-refractivity contribution is -0.141. The molecule has 0 unspecified atom stereocenters. The molecule has 0 spiro atoms. The van der Waals surface area contributed by atoms with E-state index in [0.29, 0.717) is 5.69 Å². The molecule has 0 aliphatic carbocycles. The molecule has 2 aromatic carbocycles. The molecule has 0 radical (unpaired) electrons. The maximum absolute atomic E-state index is 13.7. The predicted molar refractivity (Wildman–Crippen MR) is 96.2 cm³/mol. The number of sulfonamides is 1. The molecule has 1 atom stereocenters. The number of rotatable bonds is 4. The Morgan fingerprint density at radius 1 is 1.19 bits per heavy atom. The maximum Gasteiger partial charge on any atom is 0.307 e. The van der Waals surface area contributed by atoms with Crippen LogP contribution in [-0.4, -0.2) is 35.6 Å². The van der Waals surface area contributed by atoms with Gasteiger partial charge in [-0.3, -0.25) is 9.10 Å². The largest absolute Gasteiger partial charge is 0.469 e. The highest BCUT2D eigenvalue weighted by Gasteiger charge is 2.44. The van der Waals surface area contributed by atoms with Crippen LogP contribution in [0, 0.1) is 5.82 Å². The fraction of sp³-hybridized carbons (Fsp3) is 0.278. The lowest BCUT2D eigenvalue weighted by Crippen LogP contribution is -2.29. The molecule has 138 valence electrons. The molecular formula is C18H19FN2O4S. The minimum atomic E-state index is -3.91. The second kappa shape index (κ2) is 6.60. The topological polar surface area (TPSA) is 66.9 Å². The molecule has 0 aromatic heterocycles. The molecule has 1 heterocycles. The van der Waals surface area contributed by atoms with Gasteiger partial charge in [0.1, 0.15) is 5.82 Å². The summed E-state index contributed by atoms with van der Waals surface area (Å²) in [6.45, 7) is 0. The SMILES string of the molecule is COC(=O)C[C@H]1c2cc(F)ccc2S(=O)(=O)N1c1ccc(N(C)C)cc1. The molecule has 8 heteroatoms. The minimum Gasteiger partial charge on any atom is -0.469 e. The van der Waals surface area contributed by atoms with Crippen molar-refractivity contribution in [1.29, 1.82) is 0 Å². The van der Waals surface area contributed by atoms with Crippen LogP contribution in [0.5, 0.6) is 0 Å². The normalized spacial score (nSPS) is 17.7. The van der Waals surface area contributed by atoms with Crippen LogP contribution in [0.4, 0.5) is 15.8 Å². The number of fused-ring (bicyclic) bond motifs is 1. The number of anilines is 2. The lowest BCUT2D eigenvalue weighted by atomic mass is 10.0. The fourth-order valence-electron chi connectivity index (χ4n) is 3.06. The Kier molecular flexibility index (Phi) is 4.62. The number of nitrogens with zero attached hydrogens (tertiary/aromatic N) is 2. The molecule has 26 heavy (non-hydrogen) atoms. The van der Waals surface area contributed by atoms with Crippen LogP contribution in [0.3, 0.4) is 0 Å². The maximum atomic E-state index is 13.7. The molecular weight excluding hydrogens is 359 g/mol. The highest BCUT2D eigenvalue weighted by Crippen LogP contribution is 2.45. The summed E-state index contributed by atoms with van der Waals surface area (Å²) >= 11 is 0. The summed E-state index contributed by atoms with van der Waals surface area (Å²) in [7, 11) is 1.07. The van der Waals surface area contributed by atoms with Gasteiger partial charge >= 0.3 is 5.97 Å². The third kappa shape index (κ3) is 3.01. The summed E-state index contributed by atoms with van der Waals surface area (Å²) in [6.07, 6.45) is -0.207. The van der Waals surface area contributed by atoms with Crippen molar-refractivity contribution in [2.24, 2.45) is 0 Å². The summed E-state index contributed by atoms with van der Waals surface area (Å²) in [5.74, 6) is -1.13. The van der Waals surface area contributed by atoms with Crippen LogP contribution in [0.15, 0.2) is 47.4 Å². The van der Waals surface area contributed by atoms with E-state index in [4.69, 9.17) is 4.74 Å². The van der Waals surface area contributed by atoms with Crippen LogP contribution < -0.4 is 9.21 Å². The summed E-state index contributed by atoms with van der Waals surface area (Å²) < 4.78 is 45.7. The van der Waals surface area contributed by atoms with Crippen LogP contribution in [0.2, 0.25) is 0 Å². The van der Waals surface area contributed by atoms with E-state index in [1.165, 1.54) is 13.2 Å². The Hall–Kier alpha value is -2.61. The monoisotopic (exact) mass is 378 g/mol. The van der Waals surface area contributed by atoms with E-state index in [0.717, 1.165) is 22.1 Å². The van der Waals surface area contributed by atoms with E-state index in [2.05, 4.69) is 0 Å². The molecule has 0 fully saturated rings. The van der Waals surface area contributed by atoms with Gasteiger partial charge < -0.3 is 9.64 Å². The molecule has 1 aliphatic heterocycles. The van der Waals surface area contributed by atoms with Crippen molar-refractivity contribution in [3.63, 3.8) is 0 Å². The molecule has 1 aliphatic rings. The molecule has 0 saturated carbocycles. The number of halogens is 1. The highest BCUT2D eigenvalue weighted by atomic mass is 32.2. The number of methoxy groups -OCH3 is 1. The van der Waals surface area contributed by atoms with Gasteiger partial charge in [0.25, 0.3) is 10.0 Å². The standard InChI is InChI=1S/C18H19FN2O4S/c1-20(2)13-5-7-14(8-6-13)21-16(11-18(22)25-3)15-10-12(19)4-9-17(15)26(21,23)24/h4-10,16H,11H2,1-3H3/t16-/m0/s1. The molecule has 0 bridgehead atoms. The number of benzene rings is 2. The first-order valence-corrected chi connectivity index (χ1v) is 9.38. The lowest BCUT2D eigenvalue weighted by Gasteiger charge is -2.25. The van der Waals surface area contributed by atoms with E-state index in [-0.39, 0.29) is 16.9 Å². The smallest absolute Gasteiger partial charge is 0.307 e. The third-order valence-corrected chi connectivity index (χ3v) is 6.27. The van der Waals surface area contributed by atoms with E-state index in [1.807, 2.05) is 19.0 Å². The van der Waals surface area contributed by atoms with Crippen LogP contribution in [-0.2, 0) is 19.6 Å². The van der Waals surface area contributed by atoms with Crippen LogP contribution in [0.25, 0.3) is 0 Å². The predicted octanol–water partition coefficient (Wildman–Crippen LogP) is 2.70. The summed E-state index contributed by atoms with van der Waals surface area (Å²) in [5.41, 5.74) is 1.56.